The van der Waals surface area contributed by atoms with E-state index >= 15 is 0 Å². The van der Waals surface area contributed by atoms with E-state index in [9.17, 15) is 0 Å². The topological polar surface area (TPSA) is 64.4 Å². The zero-order valence-corrected chi connectivity index (χ0v) is 9.65. The van der Waals surface area contributed by atoms with E-state index in [0.717, 1.165) is 25.1 Å². The van der Waals surface area contributed by atoms with Gasteiger partial charge in [0.1, 0.15) is 0 Å². The maximum Gasteiger partial charge on any atom is 0.0940 e. The Labute approximate surface area is 92.6 Å². The molecule has 0 aromatic carbocycles. The lowest BCUT2D eigenvalue weighted by atomic mass is 10.1. The van der Waals surface area contributed by atoms with Crippen molar-refractivity contribution in [2.75, 3.05) is 0 Å². The van der Waals surface area contributed by atoms with Crippen LogP contribution in [0.3, 0.4) is 0 Å². The van der Waals surface area contributed by atoms with Crippen LogP contribution in [0.2, 0.25) is 0 Å². The fourth-order valence-electron chi connectivity index (χ4n) is 1.78. The summed E-state index contributed by atoms with van der Waals surface area (Å²) in [6, 6.07) is 0.654. The Bertz CT molecular complexity index is 231. The molecule has 0 spiro atoms. The van der Waals surface area contributed by atoms with Gasteiger partial charge in [-0.1, -0.05) is 18.6 Å². The third-order valence-corrected chi connectivity index (χ3v) is 2.65. The quantitative estimate of drug-likeness (QED) is 0.695. The van der Waals surface area contributed by atoms with Gasteiger partial charge in [0.2, 0.25) is 0 Å². The van der Waals surface area contributed by atoms with E-state index in [1.165, 1.54) is 19.3 Å². The lowest BCUT2D eigenvalue weighted by Gasteiger charge is -2.07. The zero-order chi connectivity index (χ0) is 11.1. The molecule has 3 nitrogen and oxygen atoms in total. The van der Waals surface area contributed by atoms with Crippen molar-refractivity contribution in [2.24, 2.45) is 16.5 Å². The lowest BCUT2D eigenvalue weighted by Crippen LogP contribution is -2.14. The standard InChI is InChI=1S/C12H23N3/c1-10(13)6-2-3-7-11-8-4-5-9-12(14)15-11/h2-3,10-11H,4-9,13H2,1H3,(H2,14,15)/b3-2+/t10-,11+/m1/s1. The summed E-state index contributed by atoms with van der Waals surface area (Å²) in [5.41, 5.74) is 11.4. The van der Waals surface area contributed by atoms with Crippen LogP contribution in [0.15, 0.2) is 17.1 Å². The molecule has 1 aliphatic heterocycles. The molecule has 1 rings (SSSR count). The summed E-state index contributed by atoms with van der Waals surface area (Å²) in [7, 11) is 0. The average molecular weight is 209 g/mol. The molecule has 0 unspecified atom stereocenters. The SMILES string of the molecule is C[C@@H](N)C/C=C/C[C@H]1CCCCC(N)=N1. The average Bonchev–Trinajstić information content (AvgIpc) is 2.37. The van der Waals surface area contributed by atoms with Crippen LogP contribution in [0.1, 0.15) is 45.4 Å². The van der Waals surface area contributed by atoms with Gasteiger partial charge in [-0.25, -0.2) is 0 Å². The first kappa shape index (κ1) is 12.2. The van der Waals surface area contributed by atoms with Gasteiger partial charge < -0.3 is 11.5 Å². The third-order valence-electron chi connectivity index (χ3n) is 2.65. The maximum absolute atomic E-state index is 5.78. The van der Waals surface area contributed by atoms with Crippen LogP contribution in [-0.4, -0.2) is 17.9 Å². The summed E-state index contributed by atoms with van der Waals surface area (Å²) in [5, 5.41) is 0. The largest absolute Gasteiger partial charge is 0.387 e. The van der Waals surface area contributed by atoms with E-state index < -0.39 is 0 Å². The number of rotatable bonds is 4. The number of nitrogens with two attached hydrogens (primary N) is 2. The third kappa shape index (κ3) is 5.57. The van der Waals surface area contributed by atoms with Crippen molar-refractivity contribution in [2.45, 2.75) is 57.5 Å². The molecule has 0 aromatic heterocycles. The fraction of sp³-hybridized carbons (Fsp3) is 0.750. The van der Waals surface area contributed by atoms with Crippen LogP contribution in [0.25, 0.3) is 0 Å². The van der Waals surface area contributed by atoms with Crippen molar-refractivity contribution in [3.8, 4) is 0 Å². The first-order valence-electron chi connectivity index (χ1n) is 5.91. The molecule has 0 saturated carbocycles. The number of nitrogens with zero attached hydrogens (tertiary/aromatic N) is 1. The predicted octanol–water partition coefficient (Wildman–Crippen LogP) is 1.97. The summed E-state index contributed by atoms with van der Waals surface area (Å²) in [6.45, 7) is 2.02. The second-order valence-electron chi connectivity index (χ2n) is 4.44. The molecule has 15 heavy (non-hydrogen) atoms. The number of hydrogen-bond donors (Lipinski definition) is 2. The van der Waals surface area contributed by atoms with Crippen molar-refractivity contribution >= 4 is 5.84 Å². The highest BCUT2D eigenvalue weighted by Gasteiger charge is 2.09. The Kier molecular flexibility index (Phi) is 5.40. The van der Waals surface area contributed by atoms with Gasteiger partial charge in [-0.2, -0.15) is 0 Å². The number of hydrogen-bond acceptors (Lipinski definition) is 3. The van der Waals surface area contributed by atoms with E-state index in [4.69, 9.17) is 11.5 Å². The fourth-order valence-corrected chi connectivity index (χ4v) is 1.78. The van der Waals surface area contributed by atoms with Crippen LogP contribution >= 0.6 is 0 Å². The van der Waals surface area contributed by atoms with Crippen molar-refractivity contribution < 1.29 is 0 Å². The second-order valence-corrected chi connectivity index (χ2v) is 4.44. The van der Waals surface area contributed by atoms with Crippen molar-refractivity contribution in [1.82, 2.24) is 0 Å². The molecule has 0 amide bonds. The lowest BCUT2D eigenvalue weighted by molar-refractivity contribution is 0.595. The highest BCUT2D eigenvalue weighted by Crippen LogP contribution is 2.15. The minimum atomic E-state index is 0.254. The van der Waals surface area contributed by atoms with E-state index in [0.29, 0.717) is 6.04 Å². The molecule has 0 bridgehead atoms. The van der Waals surface area contributed by atoms with Gasteiger partial charge in [0.25, 0.3) is 0 Å². The van der Waals surface area contributed by atoms with E-state index in [1.807, 2.05) is 6.92 Å². The summed E-state index contributed by atoms with van der Waals surface area (Å²) < 4.78 is 0. The summed E-state index contributed by atoms with van der Waals surface area (Å²) in [6.07, 6.45) is 10.9. The predicted molar refractivity (Wildman–Crippen MR) is 65.9 cm³/mol. The normalized spacial score (nSPS) is 24.9. The second kappa shape index (κ2) is 6.62. The monoisotopic (exact) mass is 209 g/mol. The minimum Gasteiger partial charge on any atom is -0.387 e. The Morgan fingerprint density at radius 1 is 1.47 bits per heavy atom. The van der Waals surface area contributed by atoms with Gasteiger partial charge in [-0.3, -0.25) is 4.99 Å². The molecule has 1 aliphatic rings. The number of amidine groups is 1. The molecular formula is C12H23N3. The van der Waals surface area contributed by atoms with Crippen LogP contribution < -0.4 is 11.5 Å². The van der Waals surface area contributed by atoms with Gasteiger partial charge in [-0.05, 0) is 32.6 Å². The van der Waals surface area contributed by atoms with Crippen LogP contribution in [0, 0.1) is 0 Å². The van der Waals surface area contributed by atoms with Gasteiger partial charge >= 0.3 is 0 Å². The van der Waals surface area contributed by atoms with Gasteiger partial charge in [-0.15, -0.1) is 0 Å². The molecule has 0 aliphatic carbocycles. The van der Waals surface area contributed by atoms with Gasteiger partial charge in [0.15, 0.2) is 0 Å². The van der Waals surface area contributed by atoms with E-state index in [-0.39, 0.29) is 6.04 Å². The summed E-state index contributed by atoms with van der Waals surface area (Å²) >= 11 is 0. The van der Waals surface area contributed by atoms with Crippen molar-refractivity contribution in [3.63, 3.8) is 0 Å². The first-order valence-corrected chi connectivity index (χ1v) is 5.91. The van der Waals surface area contributed by atoms with Crippen molar-refractivity contribution in [3.05, 3.63) is 12.2 Å². The first-order chi connectivity index (χ1) is 7.18. The van der Waals surface area contributed by atoms with Crippen LogP contribution in [0.4, 0.5) is 0 Å². The molecule has 0 aromatic rings. The molecule has 0 radical (unpaired) electrons. The maximum atomic E-state index is 5.78. The van der Waals surface area contributed by atoms with Gasteiger partial charge in [0.05, 0.1) is 11.9 Å². The van der Waals surface area contributed by atoms with E-state index in [1.54, 1.807) is 0 Å². The van der Waals surface area contributed by atoms with Gasteiger partial charge in [0, 0.05) is 12.5 Å². The Hall–Kier alpha value is -0.830. The highest BCUT2D eigenvalue weighted by atomic mass is 14.9. The van der Waals surface area contributed by atoms with Crippen LogP contribution in [-0.2, 0) is 0 Å². The molecule has 2 atom stereocenters. The molecule has 3 heteroatoms. The molecule has 0 fully saturated rings. The molecule has 1 heterocycles. The Balaban J connectivity index is 2.30. The van der Waals surface area contributed by atoms with Crippen molar-refractivity contribution in [1.29, 1.82) is 0 Å². The Morgan fingerprint density at radius 2 is 2.27 bits per heavy atom. The minimum absolute atomic E-state index is 0.254. The number of aliphatic imine (C=N–C) groups is 1. The zero-order valence-electron chi connectivity index (χ0n) is 9.65. The highest BCUT2D eigenvalue weighted by molar-refractivity contribution is 5.80. The molecule has 86 valence electrons. The van der Waals surface area contributed by atoms with Crippen LogP contribution in [0.5, 0.6) is 0 Å². The molecule has 0 saturated heterocycles. The summed E-state index contributed by atoms with van der Waals surface area (Å²) in [4.78, 5) is 4.50. The Morgan fingerprint density at radius 3 is 3.00 bits per heavy atom. The molecule has 4 N–H and O–H groups in total. The summed E-state index contributed by atoms with van der Waals surface area (Å²) in [5.74, 6) is 0.832. The molecular weight excluding hydrogens is 186 g/mol. The smallest absolute Gasteiger partial charge is 0.0940 e. The van der Waals surface area contributed by atoms with E-state index in [2.05, 4.69) is 17.1 Å².